The third-order valence-corrected chi connectivity index (χ3v) is 4.84. The van der Waals surface area contributed by atoms with Crippen molar-refractivity contribution in [2.45, 2.75) is 56.8 Å². The number of nitrogens with one attached hydrogen (secondary N) is 1. The Labute approximate surface area is 123 Å². The van der Waals surface area contributed by atoms with Gasteiger partial charge in [0, 0.05) is 19.0 Å². The SMILES string of the molecule is NC1CCC(OCCNS(=O)(=O)CCCC(F)(F)F)CC1. The summed E-state index contributed by atoms with van der Waals surface area (Å²) in [7, 11) is -3.67. The molecule has 0 aromatic carbocycles. The van der Waals surface area contributed by atoms with E-state index in [1.165, 1.54) is 0 Å². The molecule has 0 aromatic heterocycles. The molecule has 1 rings (SSSR count). The lowest BCUT2D eigenvalue weighted by atomic mass is 9.94. The summed E-state index contributed by atoms with van der Waals surface area (Å²) in [6, 6.07) is 0.219. The summed E-state index contributed by atoms with van der Waals surface area (Å²) in [6.07, 6.45) is -2.23. The number of halogens is 3. The van der Waals surface area contributed by atoms with Gasteiger partial charge in [0.1, 0.15) is 0 Å². The molecule has 0 aliphatic heterocycles. The highest BCUT2D eigenvalue weighted by Crippen LogP contribution is 2.21. The molecule has 126 valence electrons. The lowest BCUT2D eigenvalue weighted by molar-refractivity contribution is -0.134. The van der Waals surface area contributed by atoms with E-state index in [1.54, 1.807) is 0 Å². The van der Waals surface area contributed by atoms with Crippen LogP contribution >= 0.6 is 0 Å². The van der Waals surface area contributed by atoms with Crippen molar-refractivity contribution in [2.24, 2.45) is 5.73 Å². The molecule has 0 amide bonds. The molecule has 0 atom stereocenters. The Bertz CT molecular complexity index is 393. The van der Waals surface area contributed by atoms with E-state index in [0.717, 1.165) is 25.7 Å². The Balaban J connectivity index is 2.10. The van der Waals surface area contributed by atoms with Gasteiger partial charge in [-0.1, -0.05) is 0 Å². The van der Waals surface area contributed by atoms with E-state index in [-0.39, 0.29) is 25.3 Å². The number of rotatable bonds is 8. The highest BCUT2D eigenvalue weighted by molar-refractivity contribution is 7.89. The maximum Gasteiger partial charge on any atom is 0.389 e. The van der Waals surface area contributed by atoms with Crippen molar-refractivity contribution >= 4 is 10.0 Å². The molecule has 0 spiro atoms. The molecule has 0 unspecified atom stereocenters. The van der Waals surface area contributed by atoms with Crippen LogP contribution in [0.3, 0.4) is 0 Å². The quantitative estimate of drug-likeness (QED) is 0.661. The van der Waals surface area contributed by atoms with E-state index in [2.05, 4.69) is 4.72 Å². The summed E-state index contributed by atoms with van der Waals surface area (Å²) in [5, 5.41) is 0. The molecule has 21 heavy (non-hydrogen) atoms. The number of nitrogens with two attached hydrogens (primary N) is 1. The molecule has 3 N–H and O–H groups in total. The Morgan fingerprint density at radius 1 is 1.19 bits per heavy atom. The summed E-state index contributed by atoms with van der Waals surface area (Å²) in [5.41, 5.74) is 5.76. The van der Waals surface area contributed by atoms with Crippen LogP contribution < -0.4 is 10.5 Å². The van der Waals surface area contributed by atoms with Crippen molar-refractivity contribution < 1.29 is 26.3 Å². The lowest BCUT2D eigenvalue weighted by Crippen LogP contribution is -2.33. The summed E-state index contributed by atoms with van der Waals surface area (Å²) >= 11 is 0. The molecular weight excluding hydrogens is 309 g/mol. The van der Waals surface area contributed by atoms with Crippen LogP contribution in [0.15, 0.2) is 0 Å². The summed E-state index contributed by atoms with van der Waals surface area (Å²) in [4.78, 5) is 0. The largest absolute Gasteiger partial charge is 0.389 e. The minimum atomic E-state index is -4.32. The van der Waals surface area contributed by atoms with Crippen molar-refractivity contribution in [3.8, 4) is 0 Å². The van der Waals surface area contributed by atoms with Crippen molar-refractivity contribution in [3.63, 3.8) is 0 Å². The van der Waals surface area contributed by atoms with E-state index in [0.29, 0.717) is 0 Å². The zero-order valence-electron chi connectivity index (χ0n) is 11.9. The third kappa shape index (κ3) is 9.28. The monoisotopic (exact) mass is 332 g/mol. The molecule has 1 saturated carbocycles. The molecule has 0 heterocycles. The van der Waals surface area contributed by atoms with E-state index in [1.807, 2.05) is 0 Å². The zero-order valence-corrected chi connectivity index (χ0v) is 12.7. The summed E-state index contributed by atoms with van der Waals surface area (Å²) < 4.78 is 66.5. The standard InChI is InChI=1S/C12H23F3N2O3S/c13-12(14,15)6-1-9-21(18,19)17-7-8-20-11-4-2-10(16)3-5-11/h10-11,17H,1-9,16H2. The van der Waals surface area contributed by atoms with Gasteiger partial charge in [0.25, 0.3) is 0 Å². The fourth-order valence-electron chi connectivity index (χ4n) is 2.21. The van der Waals surface area contributed by atoms with E-state index < -0.39 is 34.8 Å². The van der Waals surface area contributed by atoms with Crippen molar-refractivity contribution in [1.29, 1.82) is 0 Å². The highest BCUT2D eigenvalue weighted by atomic mass is 32.2. The summed E-state index contributed by atoms with van der Waals surface area (Å²) in [5.74, 6) is -0.523. The van der Waals surface area contributed by atoms with E-state index in [4.69, 9.17) is 10.5 Å². The average Bonchev–Trinajstić information content (AvgIpc) is 2.35. The predicted molar refractivity (Wildman–Crippen MR) is 73.3 cm³/mol. The smallest absolute Gasteiger partial charge is 0.377 e. The molecule has 0 aromatic rings. The summed E-state index contributed by atoms with van der Waals surface area (Å²) in [6.45, 7) is 0.301. The first-order chi connectivity index (χ1) is 9.68. The van der Waals surface area contributed by atoms with Crippen molar-refractivity contribution in [2.75, 3.05) is 18.9 Å². The normalized spacial score (nSPS) is 24.2. The average molecular weight is 332 g/mol. The number of alkyl halides is 3. The van der Waals surface area contributed by atoms with Crippen LogP contribution in [-0.4, -0.2) is 45.6 Å². The van der Waals surface area contributed by atoms with Gasteiger partial charge in [0.05, 0.1) is 18.5 Å². The van der Waals surface area contributed by atoms with E-state index >= 15 is 0 Å². The van der Waals surface area contributed by atoms with E-state index in [9.17, 15) is 21.6 Å². The van der Waals surface area contributed by atoms with Gasteiger partial charge in [-0.25, -0.2) is 13.1 Å². The second kappa shape index (κ2) is 8.30. The number of sulfonamides is 1. The first kappa shape index (κ1) is 18.7. The molecule has 1 aliphatic rings. The Hall–Kier alpha value is -0.380. The minimum absolute atomic E-state index is 0.0803. The zero-order chi connectivity index (χ0) is 15.9. The first-order valence-electron chi connectivity index (χ1n) is 7.09. The van der Waals surface area contributed by atoms with Gasteiger partial charge in [-0.2, -0.15) is 13.2 Å². The maximum absolute atomic E-state index is 11.9. The highest BCUT2D eigenvalue weighted by Gasteiger charge is 2.27. The Morgan fingerprint density at radius 3 is 2.38 bits per heavy atom. The fourth-order valence-corrected chi connectivity index (χ4v) is 3.28. The number of hydrogen-bond donors (Lipinski definition) is 2. The molecule has 5 nitrogen and oxygen atoms in total. The van der Waals surface area contributed by atoms with Gasteiger partial charge in [-0.05, 0) is 32.1 Å². The van der Waals surface area contributed by atoms with Crippen molar-refractivity contribution in [1.82, 2.24) is 4.72 Å². The van der Waals surface area contributed by atoms with Gasteiger partial charge in [-0.15, -0.1) is 0 Å². The predicted octanol–water partition coefficient (Wildman–Crippen LogP) is 1.53. The Morgan fingerprint density at radius 2 is 1.81 bits per heavy atom. The van der Waals surface area contributed by atoms with Gasteiger partial charge in [0.2, 0.25) is 10.0 Å². The van der Waals surface area contributed by atoms with Crippen LogP contribution in [0, 0.1) is 0 Å². The molecule has 0 radical (unpaired) electrons. The number of hydrogen-bond acceptors (Lipinski definition) is 4. The molecule has 9 heteroatoms. The van der Waals surface area contributed by atoms with Crippen LogP contribution in [-0.2, 0) is 14.8 Å². The molecule has 0 bridgehead atoms. The van der Waals surface area contributed by atoms with Crippen LogP contribution in [0.25, 0.3) is 0 Å². The first-order valence-corrected chi connectivity index (χ1v) is 8.74. The second-order valence-corrected chi connectivity index (χ2v) is 7.27. The van der Waals surface area contributed by atoms with Crippen LogP contribution in [0.2, 0.25) is 0 Å². The van der Waals surface area contributed by atoms with Gasteiger partial charge >= 0.3 is 6.18 Å². The molecule has 1 fully saturated rings. The van der Waals surface area contributed by atoms with Crippen molar-refractivity contribution in [3.05, 3.63) is 0 Å². The molecule has 0 saturated heterocycles. The third-order valence-electron chi connectivity index (χ3n) is 3.37. The van der Waals surface area contributed by atoms with Gasteiger partial charge in [-0.3, -0.25) is 0 Å². The molecule has 1 aliphatic carbocycles. The minimum Gasteiger partial charge on any atom is -0.377 e. The lowest BCUT2D eigenvalue weighted by Gasteiger charge is -2.26. The maximum atomic E-state index is 11.9. The number of ether oxygens (including phenoxy) is 1. The molecular formula is C12H23F3N2O3S. The van der Waals surface area contributed by atoms with Crippen LogP contribution in [0.4, 0.5) is 13.2 Å². The van der Waals surface area contributed by atoms with Crippen LogP contribution in [0.1, 0.15) is 38.5 Å². The topological polar surface area (TPSA) is 81.4 Å². The Kier molecular flexibility index (Phi) is 7.38. The van der Waals surface area contributed by atoms with Gasteiger partial charge < -0.3 is 10.5 Å². The van der Waals surface area contributed by atoms with Gasteiger partial charge in [0.15, 0.2) is 0 Å². The van der Waals surface area contributed by atoms with Crippen LogP contribution in [0.5, 0.6) is 0 Å². The second-order valence-electron chi connectivity index (χ2n) is 5.34. The fraction of sp³-hybridized carbons (Fsp3) is 1.00.